The van der Waals surface area contributed by atoms with Gasteiger partial charge in [0, 0.05) is 12.1 Å². The standard InChI is InChI=1S/C7H7NO5S/c9-8(10)7-3-1-6(2-4-7)5-13-14(11)12/h1-4H,5H2,(H,11,12)/p-1. The molecule has 1 atom stereocenters. The van der Waals surface area contributed by atoms with Gasteiger partial charge in [-0.1, -0.05) is 0 Å². The number of hydrogen-bond donors (Lipinski definition) is 0. The molecule has 0 aromatic heterocycles. The second-order valence-corrected chi connectivity index (χ2v) is 3.03. The van der Waals surface area contributed by atoms with Crippen molar-refractivity contribution in [3.05, 3.63) is 39.9 Å². The summed E-state index contributed by atoms with van der Waals surface area (Å²) in [4.78, 5) is 9.72. The highest BCUT2D eigenvalue weighted by Gasteiger charge is 2.03. The van der Waals surface area contributed by atoms with Crippen LogP contribution in [0.5, 0.6) is 0 Å². The number of hydrogen-bond acceptors (Lipinski definition) is 5. The second kappa shape index (κ2) is 4.80. The van der Waals surface area contributed by atoms with Crippen LogP contribution < -0.4 is 0 Å². The highest BCUT2D eigenvalue weighted by atomic mass is 32.2. The molecule has 0 saturated carbocycles. The van der Waals surface area contributed by atoms with Crippen molar-refractivity contribution in [1.29, 1.82) is 0 Å². The van der Waals surface area contributed by atoms with E-state index in [0.717, 1.165) is 0 Å². The van der Waals surface area contributed by atoms with Gasteiger partial charge in [-0.05, 0) is 17.7 Å². The molecule has 0 aliphatic carbocycles. The van der Waals surface area contributed by atoms with Gasteiger partial charge in [0.1, 0.15) is 0 Å². The molecule has 0 fully saturated rings. The lowest BCUT2D eigenvalue weighted by Crippen LogP contribution is -1.96. The summed E-state index contributed by atoms with van der Waals surface area (Å²) in [5, 5.41) is 10.3. The van der Waals surface area contributed by atoms with E-state index < -0.39 is 16.3 Å². The van der Waals surface area contributed by atoms with Crippen LogP contribution in [0.15, 0.2) is 24.3 Å². The fourth-order valence-corrected chi connectivity index (χ4v) is 1.06. The largest absolute Gasteiger partial charge is 0.750 e. The molecule has 1 rings (SSSR count). The van der Waals surface area contributed by atoms with Crippen molar-refractivity contribution >= 4 is 17.0 Å². The van der Waals surface area contributed by atoms with Gasteiger partial charge in [-0.3, -0.25) is 14.3 Å². The van der Waals surface area contributed by atoms with Crippen LogP contribution in [0.1, 0.15) is 5.56 Å². The van der Waals surface area contributed by atoms with E-state index in [9.17, 15) is 18.9 Å². The van der Waals surface area contributed by atoms with Gasteiger partial charge in [-0.2, -0.15) is 0 Å². The average molecular weight is 216 g/mol. The van der Waals surface area contributed by atoms with Crippen LogP contribution >= 0.6 is 0 Å². The quantitative estimate of drug-likeness (QED) is 0.423. The molecule has 0 heterocycles. The van der Waals surface area contributed by atoms with E-state index in [4.69, 9.17) is 0 Å². The summed E-state index contributed by atoms with van der Waals surface area (Å²) >= 11 is -2.56. The van der Waals surface area contributed by atoms with Gasteiger partial charge in [-0.15, -0.1) is 0 Å². The summed E-state index contributed by atoms with van der Waals surface area (Å²) in [7, 11) is 0. The molecule has 0 spiro atoms. The van der Waals surface area contributed by atoms with Crippen molar-refractivity contribution in [3.8, 4) is 0 Å². The number of nitro benzene ring substituents is 1. The van der Waals surface area contributed by atoms with E-state index >= 15 is 0 Å². The molecule has 0 N–H and O–H groups in total. The fourth-order valence-electron chi connectivity index (χ4n) is 0.830. The van der Waals surface area contributed by atoms with Crippen LogP contribution in [0, 0.1) is 10.1 Å². The topological polar surface area (TPSA) is 92.5 Å². The molecule has 0 saturated heterocycles. The molecule has 7 heteroatoms. The zero-order valence-electron chi connectivity index (χ0n) is 6.91. The lowest BCUT2D eigenvalue weighted by molar-refractivity contribution is -0.384. The predicted molar refractivity (Wildman–Crippen MR) is 46.8 cm³/mol. The predicted octanol–water partition coefficient (Wildman–Crippen LogP) is 0.905. The van der Waals surface area contributed by atoms with E-state index in [-0.39, 0.29) is 12.3 Å². The van der Waals surface area contributed by atoms with Crippen molar-refractivity contribution in [2.45, 2.75) is 6.61 Å². The molecule has 0 aliphatic rings. The maximum atomic E-state index is 10.3. The van der Waals surface area contributed by atoms with Gasteiger partial charge >= 0.3 is 0 Å². The number of nitrogens with zero attached hydrogens (tertiary/aromatic N) is 1. The first kappa shape index (κ1) is 10.8. The summed E-state index contributed by atoms with van der Waals surface area (Å²) in [6.45, 7) is -0.117. The third-order valence-electron chi connectivity index (χ3n) is 1.47. The monoisotopic (exact) mass is 216 g/mol. The van der Waals surface area contributed by atoms with E-state index in [1.165, 1.54) is 24.3 Å². The minimum absolute atomic E-state index is 0.0444. The van der Waals surface area contributed by atoms with E-state index in [1.807, 2.05) is 0 Å². The van der Waals surface area contributed by atoms with Gasteiger partial charge in [0.2, 0.25) is 0 Å². The average Bonchev–Trinajstić information content (AvgIpc) is 2.15. The first-order valence-electron chi connectivity index (χ1n) is 3.55. The van der Waals surface area contributed by atoms with Crippen molar-refractivity contribution in [1.82, 2.24) is 0 Å². The lowest BCUT2D eigenvalue weighted by atomic mass is 10.2. The van der Waals surface area contributed by atoms with Crippen molar-refractivity contribution in [2.75, 3.05) is 0 Å². The molecule has 6 nitrogen and oxygen atoms in total. The molecule has 76 valence electrons. The van der Waals surface area contributed by atoms with Gasteiger partial charge in [0.05, 0.1) is 22.9 Å². The fraction of sp³-hybridized carbons (Fsp3) is 0.143. The molecule has 0 aliphatic heterocycles. The Morgan fingerprint density at radius 3 is 2.36 bits per heavy atom. The molecular weight excluding hydrogens is 210 g/mol. The third-order valence-corrected chi connectivity index (χ3v) is 1.78. The molecule has 1 aromatic carbocycles. The normalized spacial score (nSPS) is 12.4. The van der Waals surface area contributed by atoms with Crippen LogP contribution in [0.4, 0.5) is 5.69 Å². The van der Waals surface area contributed by atoms with Crippen LogP contribution in [-0.2, 0) is 22.2 Å². The van der Waals surface area contributed by atoms with Crippen LogP contribution in [0.25, 0.3) is 0 Å². The summed E-state index contributed by atoms with van der Waals surface area (Å²) in [6, 6.07) is 5.44. The highest BCUT2D eigenvalue weighted by molar-refractivity contribution is 7.74. The Kier molecular flexibility index (Phi) is 3.69. The Hall–Kier alpha value is -1.31. The smallest absolute Gasteiger partial charge is 0.269 e. The van der Waals surface area contributed by atoms with Gasteiger partial charge in [0.15, 0.2) is 0 Å². The molecule has 1 aromatic rings. The zero-order valence-corrected chi connectivity index (χ0v) is 7.73. The van der Waals surface area contributed by atoms with Crippen molar-refractivity contribution < 1.29 is 17.9 Å². The summed E-state index contributed by atoms with van der Waals surface area (Å²) in [6.07, 6.45) is 0. The van der Waals surface area contributed by atoms with E-state index in [1.54, 1.807) is 0 Å². The summed E-state index contributed by atoms with van der Waals surface area (Å²) in [5.41, 5.74) is 0.511. The number of non-ortho nitro benzene ring substituents is 1. The maximum absolute atomic E-state index is 10.3. The molecule has 0 radical (unpaired) electrons. The Morgan fingerprint density at radius 2 is 1.93 bits per heavy atom. The third kappa shape index (κ3) is 3.21. The number of benzene rings is 1. The summed E-state index contributed by atoms with van der Waals surface area (Å²) < 4.78 is 24.3. The SMILES string of the molecule is O=[N+]([O-])c1ccc(COS(=O)[O-])cc1. The Morgan fingerprint density at radius 1 is 1.36 bits per heavy atom. The van der Waals surface area contributed by atoms with Gasteiger partial charge in [-0.25, -0.2) is 4.21 Å². The molecule has 0 amide bonds. The number of rotatable bonds is 4. The molecular formula is C7H6NO5S-. The minimum atomic E-state index is -2.56. The van der Waals surface area contributed by atoms with Crippen LogP contribution in [-0.4, -0.2) is 13.7 Å². The van der Waals surface area contributed by atoms with E-state index in [2.05, 4.69) is 4.18 Å². The zero-order chi connectivity index (χ0) is 10.6. The lowest BCUT2D eigenvalue weighted by Gasteiger charge is -2.04. The van der Waals surface area contributed by atoms with Crippen molar-refractivity contribution in [2.24, 2.45) is 0 Å². The maximum Gasteiger partial charge on any atom is 0.269 e. The van der Waals surface area contributed by atoms with E-state index in [0.29, 0.717) is 5.56 Å². The molecule has 1 unspecified atom stereocenters. The Labute approximate surface area is 82.1 Å². The first-order valence-corrected chi connectivity index (χ1v) is 4.55. The van der Waals surface area contributed by atoms with Gasteiger partial charge in [0.25, 0.3) is 5.69 Å². The Balaban J connectivity index is 2.64. The van der Waals surface area contributed by atoms with Gasteiger partial charge < -0.3 is 4.55 Å². The number of nitro groups is 1. The van der Waals surface area contributed by atoms with Crippen LogP contribution in [0.3, 0.4) is 0 Å². The molecule has 0 bridgehead atoms. The Bertz CT molecular complexity index is 350. The first-order chi connectivity index (χ1) is 6.59. The minimum Gasteiger partial charge on any atom is -0.750 e. The highest BCUT2D eigenvalue weighted by Crippen LogP contribution is 2.12. The molecule has 14 heavy (non-hydrogen) atoms. The second-order valence-electron chi connectivity index (χ2n) is 2.39. The van der Waals surface area contributed by atoms with Crippen molar-refractivity contribution in [3.63, 3.8) is 0 Å². The van der Waals surface area contributed by atoms with Crippen LogP contribution in [0.2, 0.25) is 0 Å². The summed E-state index contributed by atoms with van der Waals surface area (Å²) in [5.74, 6) is 0.